The summed E-state index contributed by atoms with van der Waals surface area (Å²) >= 11 is 0. The summed E-state index contributed by atoms with van der Waals surface area (Å²) in [5, 5.41) is 11.8. The van der Waals surface area contributed by atoms with E-state index in [2.05, 4.69) is 12.2 Å². The van der Waals surface area contributed by atoms with Crippen LogP contribution in [0.15, 0.2) is 24.3 Å². The van der Waals surface area contributed by atoms with E-state index < -0.39 is 5.97 Å². The van der Waals surface area contributed by atoms with E-state index in [9.17, 15) is 9.59 Å². The van der Waals surface area contributed by atoms with Gasteiger partial charge in [0.05, 0.1) is 0 Å². The summed E-state index contributed by atoms with van der Waals surface area (Å²) in [5.41, 5.74) is 1.97. The number of urea groups is 1. The van der Waals surface area contributed by atoms with Crippen LogP contribution < -0.4 is 5.32 Å². The minimum atomic E-state index is -0.794. The lowest BCUT2D eigenvalue weighted by molar-refractivity contribution is -0.138. The maximum Gasteiger partial charge on any atom is 0.321 e. The number of aliphatic carboxylic acids is 1. The number of anilines is 1. The molecular weight excluding hydrogens is 268 g/mol. The van der Waals surface area contributed by atoms with E-state index in [4.69, 9.17) is 5.11 Å². The number of carboxylic acid groups (broad SMARTS) is 1. The van der Waals surface area contributed by atoms with Gasteiger partial charge in [-0.25, -0.2) is 4.79 Å². The Morgan fingerprint density at radius 2 is 2.24 bits per heavy atom. The molecule has 2 rings (SSSR count). The van der Waals surface area contributed by atoms with E-state index in [1.165, 1.54) is 5.56 Å². The molecule has 0 aromatic heterocycles. The molecule has 1 aliphatic rings. The van der Waals surface area contributed by atoms with Gasteiger partial charge in [0.1, 0.15) is 0 Å². The van der Waals surface area contributed by atoms with Crippen molar-refractivity contribution < 1.29 is 14.7 Å². The van der Waals surface area contributed by atoms with Gasteiger partial charge in [0.15, 0.2) is 0 Å². The number of amides is 2. The molecule has 0 bridgehead atoms. The number of piperidine rings is 1. The van der Waals surface area contributed by atoms with E-state index >= 15 is 0 Å². The highest BCUT2D eigenvalue weighted by Gasteiger charge is 2.25. The zero-order valence-electron chi connectivity index (χ0n) is 12.3. The lowest BCUT2D eigenvalue weighted by Gasteiger charge is -2.32. The standard InChI is InChI=1S/C16H22N2O3/c1-2-12-5-3-7-14(9-12)17-16(21)18-8-4-6-13(11-18)10-15(19)20/h3,5,7,9,13H,2,4,6,8,10-11H2,1H3,(H,17,21)(H,19,20). The summed E-state index contributed by atoms with van der Waals surface area (Å²) in [4.78, 5) is 24.8. The monoisotopic (exact) mass is 290 g/mol. The van der Waals surface area contributed by atoms with E-state index in [1.54, 1.807) is 4.90 Å². The number of carbonyl (C=O) groups is 2. The van der Waals surface area contributed by atoms with E-state index in [0.29, 0.717) is 13.1 Å². The first-order valence-electron chi connectivity index (χ1n) is 7.45. The normalized spacial score (nSPS) is 18.3. The molecule has 2 amide bonds. The molecule has 0 spiro atoms. The molecule has 0 saturated carbocycles. The fourth-order valence-corrected chi connectivity index (χ4v) is 2.73. The molecule has 1 unspecified atom stereocenters. The van der Waals surface area contributed by atoms with Crippen LogP contribution in [0.3, 0.4) is 0 Å². The molecule has 2 N–H and O–H groups in total. The van der Waals surface area contributed by atoms with Gasteiger partial charge in [-0.3, -0.25) is 4.79 Å². The second-order valence-corrected chi connectivity index (χ2v) is 5.54. The molecule has 1 heterocycles. The van der Waals surface area contributed by atoms with Crippen LogP contribution in [0.1, 0.15) is 31.7 Å². The van der Waals surface area contributed by atoms with Crippen LogP contribution >= 0.6 is 0 Å². The molecule has 114 valence electrons. The molecule has 5 heteroatoms. The van der Waals surface area contributed by atoms with Crippen molar-refractivity contribution in [3.63, 3.8) is 0 Å². The van der Waals surface area contributed by atoms with Crippen molar-refractivity contribution in [2.45, 2.75) is 32.6 Å². The van der Waals surface area contributed by atoms with Gasteiger partial charge in [0.2, 0.25) is 0 Å². The van der Waals surface area contributed by atoms with Gasteiger partial charge in [-0.1, -0.05) is 19.1 Å². The van der Waals surface area contributed by atoms with Gasteiger partial charge in [-0.05, 0) is 42.9 Å². The first-order valence-corrected chi connectivity index (χ1v) is 7.45. The Morgan fingerprint density at radius 3 is 2.95 bits per heavy atom. The zero-order chi connectivity index (χ0) is 15.2. The Bertz CT molecular complexity index is 516. The van der Waals surface area contributed by atoms with Crippen LogP contribution in [0.2, 0.25) is 0 Å². The Morgan fingerprint density at radius 1 is 1.43 bits per heavy atom. The van der Waals surface area contributed by atoms with Gasteiger partial charge in [-0.2, -0.15) is 0 Å². The molecule has 5 nitrogen and oxygen atoms in total. The van der Waals surface area contributed by atoms with Crippen LogP contribution in [-0.2, 0) is 11.2 Å². The highest BCUT2D eigenvalue weighted by molar-refractivity contribution is 5.89. The smallest absolute Gasteiger partial charge is 0.321 e. The Labute approximate surface area is 125 Å². The Kier molecular flexibility index (Phi) is 5.20. The molecule has 1 saturated heterocycles. The number of rotatable bonds is 4. The number of nitrogens with one attached hydrogen (secondary N) is 1. The number of carbonyl (C=O) groups excluding carboxylic acids is 1. The molecule has 0 radical (unpaired) electrons. The summed E-state index contributed by atoms with van der Waals surface area (Å²) in [6.07, 6.45) is 2.80. The van der Waals surface area contributed by atoms with Crippen molar-refractivity contribution >= 4 is 17.7 Å². The van der Waals surface area contributed by atoms with Gasteiger partial charge in [-0.15, -0.1) is 0 Å². The molecule has 1 aromatic carbocycles. The third-order valence-corrected chi connectivity index (χ3v) is 3.86. The third kappa shape index (κ3) is 4.48. The van der Waals surface area contributed by atoms with Crippen molar-refractivity contribution in [1.29, 1.82) is 0 Å². The first-order chi connectivity index (χ1) is 10.1. The Balaban J connectivity index is 1.94. The van der Waals surface area contributed by atoms with Crippen LogP contribution in [-0.4, -0.2) is 35.1 Å². The van der Waals surface area contributed by atoms with Gasteiger partial charge < -0.3 is 15.3 Å². The fourth-order valence-electron chi connectivity index (χ4n) is 2.73. The molecule has 1 atom stereocenters. The van der Waals surface area contributed by atoms with Gasteiger partial charge in [0.25, 0.3) is 0 Å². The van der Waals surface area contributed by atoms with E-state index in [0.717, 1.165) is 24.9 Å². The largest absolute Gasteiger partial charge is 0.481 e. The molecule has 21 heavy (non-hydrogen) atoms. The lowest BCUT2D eigenvalue weighted by atomic mass is 9.95. The summed E-state index contributed by atoms with van der Waals surface area (Å²) in [6.45, 7) is 3.28. The molecular formula is C16H22N2O3. The fraction of sp³-hybridized carbons (Fsp3) is 0.500. The van der Waals surface area contributed by atoms with Crippen molar-refractivity contribution in [2.24, 2.45) is 5.92 Å². The number of hydrogen-bond donors (Lipinski definition) is 2. The molecule has 1 aromatic rings. The van der Waals surface area contributed by atoms with E-state index in [-0.39, 0.29) is 18.4 Å². The second kappa shape index (κ2) is 7.11. The van der Waals surface area contributed by atoms with Crippen molar-refractivity contribution in [3.8, 4) is 0 Å². The van der Waals surface area contributed by atoms with Crippen molar-refractivity contribution in [1.82, 2.24) is 4.90 Å². The zero-order valence-corrected chi connectivity index (χ0v) is 12.3. The summed E-state index contributed by atoms with van der Waals surface area (Å²) in [7, 11) is 0. The van der Waals surface area contributed by atoms with Crippen molar-refractivity contribution in [3.05, 3.63) is 29.8 Å². The molecule has 1 fully saturated rings. The third-order valence-electron chi connectivity index (χ3n) is 3.86. The Hall–Kier alpha value is -2.04. The van der Waals surface area contributed by atoms with Gasteiger partial charge in [0, 0.05) is 25.2 Å². The number of aryl methyl sites for hydroxylation is 1. The highest BCUT2D eigenvalue weighted by atomic mass is 16.4. The predicted molar refractivity (Wildman–Crippen MR) is 81.4 cm³/mol. The quantitative estimate of drug-likeness (QED) is 0.895. The number of hydrogen-bond acceptors (Lipinski definition) is 2. The maximum absolute atomic E-state index is 12.3. The second-order valence-electron chi connectivity index (χ2n) is 5.54. The minimum Gasteiger partial charge on any atom is -0.481 e. The number of nitrogens with zero attached hydrogens (tertiary/aromatic N) is 1. The number of likely N-dealkylation sites (tertiary alicyclic amines) is 1. The average molecular weight is 290 g/mol. The number of benzene rings is 1. The van der Waals surface area contributed by atoms with E-state index in [1.807, 2.05) is 24.3 Å². The van der Waals surface area contributed by atoms with Crippen molar-refractivity contribution in [2.75, 3.05) is 18.4 Å². The summed E-state index contributed by atoms with van der Waals surface area (Å²) in [6, 6.07) is 7.65. The predicted octanol–water partition coefficient (Wildman–Crippen LogP) is 2.97. The summed E-state index contributed by atoms with van der Waals surface area (Å²) < 4.78 is 0. The van der Waals surface area contributed by atoms with Crippen LogP contribution in [0, 0.1) is 5.92 Å². The molecule has 1 aliphatic heterocycles. The lowest BCUT2D eigenvalue weighted by Crippen LogP contribution is -2.42. The van der Waals surface area contributed by atoms with Crippen LogP contribution in [0.4, 0.5) is 10.5 Å². The highest BCUT2D eigenvalue weighted by Crippen LogP contribution is 2.20. The topological polar surface area (TPSA) is 69.6 Å². The van der Waals surface area contributed by atoms with Gasteiger partial charge >= 0.3 is 12.0 Å². The van der Waals surface area contributed by atoms with Crippen LogP contribution in [0.5, 0.6) is 0 Å². The molecule has 0 aliphatic carbocycles. The maximum atomic E-state index is 12.3. The first kappa shape index (κ1) is 15.4. The number of carboxylic acids is 1. The average Bonchev–Trinajstić information content (AvgIpc) is 2.47. The minimum absolute atomic E-state index is 0.0592. The SMILES string of the molecule is CCc1cccc(NC(=O)N2CCCC(CC(=O)O)C2)c1. The van der Waals surface area contributed by atoms with Crippen LogP contribution in [0.25, 0.3) is 0 Å². The summed E-state index contributed by atoms with van der Waals surface area (Å²) in [5.74, 6) is -0.734.